The summed E-state index contributed by atoms with van der Waals surface area (Å²) in [6, 6.07) is 27.5. The third-order valence-corrected chi connectivity index (χ3v) is 5.63. The van der Waals surface area contributed by atoms with Crippen LogP contribution in [0.1, 0.15) is 33.8 Å². The van der Waals surface area contributed by atoms with E-state index in [-0.39, 0.29) is 24.5 Å². The van der Waals surface area contributed by atoms with Gasteiger partial charge in [0.15, 0.2) is 0 Å². The van der Waals surface area contributed by atoms with Crippen LogP contribution in [-0.4, -0.2) is 12.5 Å². The highest BCUT2D eigenvalue weighted by Crippen LogP contribution is 2.26. The first-order valence-corrected chi connectivity index (χ1v) is 10.4. The predicted octanol–water partition coefficient (Wildman–Crippen LogP) is 4.93. The van der Waals surface area contributed by atoms with E-state index in [1.54, 1.807) is 17.6 Å². The minimum absolute atomic E-state index is 0.0697. The van der Waals surface area contributed by atoms with Crippen molar-refractivity contribution in [1.82, 2.24) is 10.6 Å². The van der Waals surface area contributed by atoms with E-state index in [1.165, 1.54) is 0 Å². The number of amides is 1. The SMILES string of the molecule is O=C(CN[C@H](c1ccccc1)c1ccco1)N[C@@H](c1ccccc1)c1cccs1. The molecule has 0 aliphatic rings. The highest BCUT2D eigenvalue weighted by atomic mass is 32.1. The van der Waals surface area contributed by atoms with Gasteiger partial charge >= 0.3 is 0 Å². The first-order valence-electron chi connectivity index (χ1n) is 9.50. The molecule has 29 heavy (non-hydrogen) atoms. The van der Waals surface area contributed by atoms with Gasteiger partial charge in [0.2, 0.25) is 5.91 Å². The lowest BCUT2D eigenvalue weighted by atomic mass is 10.0. The van der Waals surface area contributed by atoms with Crippen LogP contribution in [0.4, 0.5) is 0 Å². The Hall–Kier alpha value is -3.15. The van der Waals surface area contributed by atoms with Crippen molar-refractivity contribution in [2.45, 2.75) is 12.1 Å². The third kappa shape index (κ3) is 4.83. The second kappa shape index (κ2) is 9.37. The average molecular weight is 403 g/mol. The maximum atomic E-state index is 12.8. The molecule has 146 valence electrons. The van der Waals surface area contributed by atoms with E-state index >= 15 is 0 Å². The molecule has 2 aromatic heterocycles. The standard InChI is InChI=1S/C24H22N2O2S/c27-22(26-24(21-14-8-16-29-21)19-11-5-2-6-12-19)17-25-23(20-13-7-15-28-20)18-9-3-1-4-10-18/h1-16,23-25H,17H2,(H,26,27)/t23-,24+/m1/s1. The van der Waals surface area contributed by atoms with Crippen molar-refractivity contribution in [2.75, 3.05) is 6.54 Å². The highest BCUT2D eigenvalue weighted by molar-refractivity contribution is 7.10. The molecular formula is C24H22N2O2S. The Bertz CT molecular complexity index is 1000. The van der Waals surface area contributed by atoms with Gasteiger partial charge in [-0.15, -0.1) is 11.3 Å². The maximum absolute atomic E-state index is 12.8. The molecule has 0 saturated carbocycles. The number of benzene rings is 2. The normalized spacial score (nSPS) is 13.0. The van der Waals surface area contributed by atoms with Crippen molar-refractivity contribution < 1.29 is 9.21 Å². The van der Waals surface area contributed by atoms with E-state index in [2.05, 4.69) is 10.6 Å². The number of rotatable bonds is 8. The summed E-state index contributed by atoms with van der Waals surface area (Å²) in [4.78, 5) is 13.9. The van der Waals surface area contributed by atoms with Gasteiger partial charge in [-0.1, -0.05) is 66.7 Å². The van der Waals surface area contributed by atoms with E-state index in [1.807, 2.05) is 90.3 Å². The Labute approximate surface area is 174 Å². The van der Waals surface area contributed by atoms with Crippen molar-refractivity contribution >= 4 is 17.2 Å². The lowest BCUT2D eigenvalue weighted by Gasteiger charge is -2.20. The number of carbonyl (C=O) groups is 1. The van der Waals surface area contributed by atoms with Crippen molar-refractivity contribution in [1.29, 1.82) is 0 Å². The number of thiophene rings is 1. The molecule has 5 heteroatoms. The summed E-state index contributed by atoms with van der Waals surface area (Å²) >= 11 is 1.64. The van der Waals surface area contributed by atoms with Gasteiger partial charge in [-0.25, -0.2) is 0 Å². The molecule has 4 nitrogen and oxygen atoms in total. The van der Waals surface area contributed by atoms with Gasteiger partial charge in [0, 0.05) is 4.88 Å². The first kappa shape index (κ1) is 19.2. The van der Waals surface area contributed by atoms with E-state index in [0.717, 1.165) is 21.8 Å². The van der Waals surface area contributed by atoms with E-state index in [0.29, 0.717) is 0 Å². The Morgan fingerprint density at radius 3 is 2.10 bits per heavy atom. The Kier molecular flexibility index (Phi) is 6.19. The number of furan rings is 1. The summed E-state index contributed by atoms with van der Waals surface area (Å²) in [5, 5.41) is 8.53. The molecule has 4 aromatic rings. The Balaban J connectivity index is 1.47. The fourth-order valence-corrected chi connectivity index (χ4v) is 4.11. The van der Waals surface area contributed by atoms with Crippen LogP contribution in [0.2, 0.25) is 0 Å². The quantitative estimate of drug-likeness (QED) is 0.440. The summed E-state index contributed by atoms with van der Waals surface area (Å²) < 4.78 is 5.60. The molecule has 4 rings (SSSR count). The number of hydrogen-bond donors (Lipinski definition) is 2. The van der Waals surface area contributed by atoms with Crippen LogP contribution in [-0.2, 0) is 4.79 Å². The minimum atomic E-state index is -0.186. The smallest absolute Gasteiger partial charge is 0.234 e. The molecule has 2 aromatic carbocycles. The molecule has 0 aliphatic carbocycles. The zero-order valence-electron chi connectivity index (χ0n) is 15.8. The van der Waals surface area contributed by atoms with Crippen LogP contribution in [0.3, 0.4) is 0 Å². The summed E-state index contributed by atoms with van der Waals surface area (Å²) in [6.45, 7) is 0.176. The number of nitrogens with one attached hydrogen (secondary N) is 2. The van der Waals surface area contributed by atoms with Crippen molar-refractivity contribution in [3.8, 4) is 0 Å². The van der Waals surface area contributed by atoms with Crippen LogP contribution in [0.5, 0.6) is 0 Å². The molecule has 2 heterocycles. The Morgan fingerprint density at radius 1 is 0.828 bits per heavy atom. The van der Waals surface area contributed by atoms with Crippen molar-refractivity contribution in [2.24, 2.45) is 0 Å². The van der Waals surface area contributed by atoms with Crippen LogP contribution in [0, 0.1) is 0 Å². The monoisotopic (exact) mass is 402 g/mol. The zero-order valence-corrected chi connectivity index (χ0v) is 16.6. The van der Waals surface area contributed by atoms with Crippen LogP contribution in [0.15, 0.2) is 101 Å². The van der Waals surface area contributed by atoms with Crippen LogP contribution in [0.25, 0.3) is 0 Å². The Morgan fingerprint density at radius 2 is 1.52 bits per heavy atom. The second-order valence-electron chi connectivity index (χ2n) is 6.67. The lowest BCUT2D eigenvalue weighted by molar-refractivity contribution is -0.120. The molecule has 0 unspecified atom stereocenters. The lowest BCUT2D eigenvalue weighted by Crippen LogP contribution is -2.38. The molecule has 0 spiro atoms. The van der Waals surface area contributed by atoms with Crippen LogP contribution >= 0.6 is 11.3 Å². The van der Waals surface area contributed by atoms with Gasteiger partial charge in [-0.05, 0) is 34.7 Å². The van der Waals surface area contributed by atoms with Gasteiger partial charge in [0.05, 0.1) is 24.9 Å². The van der Waals surface area contributed by atoms with Gasteiger partial charge in [0.1, 0.15) is 5.76 Å². The van der Waals surface area contributed by atoms with Crippen molar-refractivity contribution in [3.05, 3.63) is 118 Å². The van der Waals surface area contributed by atoms with Gasteiger partial charge in [0.25, 0.3) is 0 Å². The van der Waals surface area contributed by atoms with E-state index in [9.17, 15) is 4.79 Å². The molecule has 2 N–H and O–H groups in total. The molecule has 0 radical (unpaired) electrons. The number of carbonyl (C=O) groups excluding carboxylic acids is 1. The molecule has 0 fully saturated rings. The maximum Gasteiger partial charge on any atom is 0.234 e. The molecule has 0 aliphatic heterocycles. The first-order chi connectivity index (χ1) is 14.3. The van der Waals surface area contributed by atoms with Gasteiger partial charge in [-0.3, -0.25) is 10.1 Å². The highest BCUT2D eigenvalue weighted by Gasteiger charge is 2.20. The summed E-state index contributed by atoms with van der Waals surface area (Å²) in [5.74, 6) is 0.710. The average Bonchev–Trinajstić information content (AvgIpc) is 3.48. The van der Waals surface area contributed by atoms with Gasteiger partial charge in [-0.2, -0.15) is 0 Å². The van der Waals surface area contributed by atoms with Crippen molar-refractivity contribution in [3.63, 3.8) is 0 Å². The van der Waals surface area contributed by atoms with E-state index in [4.69, 9.17) is 4.42 Å². The summed E-state index contributed by atoms with van der Waals surface area (Å²) in [7, 11) is 0. The molecule has 0 bridgehead atoms. The third-order valence-electron chi connectivity index (χ3n) is 4.69. The van der Waals surface area contributed by atoms with E-state index < -0.39 is 0 Å². The minimum Gasteiger partial charge on any atom is -0.467 e. The predicted molar refractivity (Wildman–Crippen MR) is 116 cm³/mol. The fourth-order valence-electron chi connectivity index (χ4n) is 3.31. The second-order valence-corrected chi connectivity index (χ2v) is 7.65. The fraction of sp³-hybridized carbons (Fsp3) is 0.125. The summed E-state index contributed by atoms with van der Waals surface area (Å²) in [6.07, 6.45) is 1.65. The van der Waals surface area contributed by atoms with Crippen LogP contribution < -0.4 is 10.6 Å². The molecule has 0 saturated heterocycles. The van der Waals surface area contributed by atoms with Gasteiger partial charge < -0.3 is 9.73 Å². The largest absolute Gasteiger partial charge is 0.467 e. The molecule has 1 amide bonds. The molecule has 2 atom stereocenters. The number of hydrogen-bond acceptors (Lipinski definition) is 4. The summed E-state index contributed by atoms with van der Waals surface area (Å²) in [5.41, 5.74) is 2.11. The zero-order chi connectivity index (χ0) is 19.9. The topological polar surface area (TPSA) is 54.3 Å². The molecular weight excluding hydrogens is 380 g/mol.